The number of allylic oxidation sites excluding steroid dienone is 4. The van der Waals surface area contributed by atoms with Gasteiger partial charge in [0.15, 0.2) is 0 Å². The summed E-state index contributed by atoms with van der Waals surface area (Å²) in [6.07, 6.45) is 0. The fourth-order valence-electron chi connectivity index (χ4n) is 7.15. The van der Waals surface area contributed by atoms with E-state index in [0.717, 1.165) is 32.3 Å². The maximum atomic E-state index is 6.35. The standard InChI is InChI=1S/C36H45O6Si.3ClH.Ti/c1-20-14-27(37-8)33(40-11)30(17-20)43(36-25(6)23(4)24(5)26(36)7,31-18-21(2)15-28(38-9)34(31)41-12)32-19-22(3)16-29(39-10)35(32)42-13;;;;/h14-19H,1-13H3;3*1H;/q;;;;+3/p-3. The number of hydrogen-bond donors (Lipinski definition) is 0. The van der Waals surface area contributed by atoms with Gasteiger partial charge in [0, 0.05) is 0 Å². The number of hydrogen-bond acceptors (Lipinski definition) is 6. The fourth-order valence-corrected chi connectivity index (χ4v) is 16.2. The van der Waals surface area contributed by atoms with Crippen molar-refractivity contribution in [2.24, 2.45) is 0 Å². The molecular formula is C36H45Cl3O6SiTi. The molecule has 0 N–H and O–H groups in total. The van der Waals surface area contributed by atoms with Crippen molar-refractivity contribution in [2.75, 3.05) is 42.7 Å². The van der Waals surface area contributed by atoms with E-state index in [0.29, 0.717) is 34.5 Å². The Hall–Kier alpha value is -2.26. The summed E-state index contributed by atoms with van der Waals surface area (Å²) in [5, 5.41) is 3.16. The van der Waals surface area contributed by atoms with Gasteiger partial charge < -0.3 is 37.2 Å². The molecule has 0 aromatic heterocycles. The van der Waals surface area contributed by atoms with E-state index in [-0.39, 0.29) is 37.2 Å². The van der Waals surface area contributed by atoms with Gasteiger partial charge in [0.05, 0.1) is 0 Å². The third kappa shape index (κ3) is 6.45. The molecule has 0 spiro atoms. The van der Waals surface area contributed by atoms with Gasteiger partial charge in [0.2, 0.25) is 0 Å². The largest absolute Gasteiger partial charge is 1.00 e. The zero-order valence-electron chi connectivity index (χ0n) is 29.5. The molecule has 6 nitrogen and oxygen atoms in total. The zero-order chi connectivity index (χ0) is 32.7. The molecule has 0 bridgehead atoms. The van der Waals surface area contributed by atoms with E-state index in [4.69, 9.17) is 28.4 Å². The number of halogens is 3. The maximum absolute atomic E-state index is 6.35. The first kappa shape index (κ1) is 42.8. The van der Waals surface area contributed by atoms with Crippen LogP contribution in [0, 0.1) is 20.8 Å². The normalized spacial score (nSPS) is 13.7. The Morgan fingerprint density at radius 3 is 0.915 bits per heavy atom. The van der Waals surface area contributed by atoms with Crippen LogP contribution in [-0.2, 0) is 20.4 Å². The van der Waals surface area contributed by atoms with E-state index in [2.05, 4.69) is 87.1 Å². The van der Waals surface area contributed by atoms with Crippen LogP contribution >= 0.6 is 0 Å². The predicted molar refractivity (Wildman–Crippen MR) is 177 cm³/mol. The monoisotopic (exact) mass is 754 g/mol. The van der Waals surface area contributed by atoms with Gasteiger partial charge in [-0.05, 0) is 0 Å². The molecule has 3 aromatic rings. The van der Waals surface area contributed by atoms with Crippen LogP contribution in [0.4, 0.5) is 0 Å². The van der Waals surface area contributed by atoms with Gasteiger partial charge in [0.1, 0.15) is 0 Å². The summed E-state index contributed by atoms with van der Waals surface area (Å²) in [6, 6.07) is 12.9. The fraction of sp³-hybridized carbons (Fsp3) is 0.389. The van der Waals surface area contributed by atoms with Gasteiger partial charge in [-0.1, -0.05) is 0 Å². The van der Waals surface area contributed by atoms with Crippen LogP contribution in [0.5, 0.6) is 34.5 Å². The van der Waals surface area contributed by atoms with Crippen molar-refractivity contribution < 1.29 is 86.1 Å². The summed E-state index contributed by atoms with van der Waals surface area (Å²) in [5.74, 6) is 4.11. The molecule has 0 saturated carbocycles. The summed E-state index contributed by atoms with van der Waals surface area (Å²) in [4.78, 5) is 0. The van der Waals surface area contributed by atoms with E-state index in [1.165, 1.54) is 22.3 Å². The Morgan fingerprint density at radius 2 is 0.702 bits per heavy atom. The summed E-state index contributed by atoms with van der Waals surface area (Å²) in [5.41, 5.74) is 8.36. The van der Waals surface area contributed by atoms with Crippen LogP contribution in [0.1, 0.15) is 44.4 Å². The summed E-state index contributed by atoms with van der Waals surface area (Å²) >= 11 is 2.39. The van der Waals surface area contributed by atoms with E-state index < -0.39 is 11.4 Å². The molecule has 4 rings (SSSR count). The second-order valence-electron chi connectivity index (χ2n) is 11.6. The summed E-state index contributed by atoms with van der Waals surface area (Å²) < 4.78 is 36.6. The molecule has 0 atom stereocenters. The second kappa shape index (κ2) is 16.4. The first-order valence-electron chi connectivity index (χ1n) is 14.6. The minimum absolute atomic E-state index is 0. The van der Waals surface area contributed by atoms with Crippen molar-refractivity contribution in [3.8, 4) is 34.5 Å². The number of rotatable bonds is 10. The molecule has 1 aliphatic carbocycles. The molecule has 0 heterocycles. The molecule has 11 heteroatoms. The Labute approximate surface area is 312 Å². The molecule has 3 aromatic carbocycles. The second-order valence-corrected chi connectivity index (χ2v) is 17.5. The number of benzene rings is 3. The van der Waals surface area contributed by atoms with Crippen molar-refractivity contribution in [3.05, 3.63) is 75.4 Å². The topological polar surface area (TPSA) is 55.4 Å². The van der Waals surface area contributed by atoms with Gasteiger partial charge >= 0.3 is 277 Å². The van der Waals surface area contributed by atoms with Crippen molar-refractivity contribution >= 4 is 23.6 Å². The van der Waals surface area contributed by atoms with E-state index in [1.807, 2.05) is 18.2 Å². The average Bonchev–Trinajstić information content (AvgIpc) is 3.16. The Bertz CT molecular complexity index is 1510. The van der Waals surface area contributed by atoms with Gasteiger partial charge in [0.25, 0.3) is 0 Å². The van der Waals surface area contributed by atoms with Gasteiger partial charge in [-0.2, -0.15) is 0 Å². The third-order valence-electron chi connectivity index (χ3n) is 9.46. The quantitative estimate of drug-likeness (QED) is 0.164. The Kier molecular flexibility index (Phi) is 14.9. The molecule has 47 heavy (non-hydrogen) atoms. The number of methoxy groups -OCH3 is 6. The SMILES string of the molecule is COc1cc(C)cc([Si](c2cc(C)cc(OC)c2OC)(c2cc(C)cc(OC)c2OC)[C]2([Ti+3])C(C)=C(C)C(C)=C2C)c1OC.[Cl-].[Cl-].[Cl-]. The molecule has 0 radical (unpaired) electrons. The van der Waals surface area contributed by atoms with Gasteiger partial charge in [-0.25, -0.2) is 0 Å². The van der Waals surface area contributed by atoms with Gasteiger partial charge in [-0.15, -0.1) is 0 Å². The maximum Gasteiger partial charge on any atom is -1.00 e. The average molecular weight is 756 g/mol. The Balaban J connectivity index is 0.00000368. The minimum Gasteiger partial charge on any atom is -1.00 e. The molecule has 0 fully saturated rings. The molecule has 254 valence electrons. The van der Waals surface area contributed by atoms with Crippen LogP contribution in [-0.4, -0.2) is 50.7 Å². The van der Waals surface area contributed by atoms with Crippen LogP contribution in [0.15, 0.2) is 58.7 Å². The first-order chi connectivity index (χ1) is 20.8. The summed E-state index contributed by atoms with van der Waals surface area (Å²) in [7, 11) is 6.75. The first-order valence-corrected chi connectivity index (χ1v) is 17.4. The minimum atomic E-state index is -3.49. The van der Waals surface area contributed by atoms with Crippen LogP contribution in [0.25, 0.3) is 0 Å². The number of aryl methyl sites for hydroxylation is 3. The van der Waals surface area contributed by atoms with Crippen molar-refractivity contribution in [1.29, 1.82) is 0 Å². The van der Waals surface area contributed by atoms with E-state index >= 15 is 0 Å². The molecular weight excluding hydrogens is 711 g/mol. The molecule has 0 saturated heterocycles. The predicted octanol–water partition coefficient (Wildman–Crippen LogP) is -2.92. The van der Waals surface area contributed by atoms with E-state index in [1.54, 1.807) is 42.7 Å². The third-order valence-corrected chi connectivity index (χ3v) is 17.8. The molecule has 0 aliphatic heterocycles. The van der Waals surface area contributed by atoms with Crippen molar-refractivity contribution in [3.63, 3.8) is 0 Å². The van der Waals surface area contributed by atoms with E-state index in [9.17, 15) is 0 Å². The Morgan fingerprint density at radius 1 is 0.447 bits per heavy atom. The molecule has 0 amide bonds. The van der Waals surface area contributed by atoms with Crippen LogP contribution < -0.4 is 81.2 Å². The molecule has 0 unspecified atom stereocenters. The molecule has 1 aliphatic rings. The van der Waals surface area contributed by atoms with Crippen molar-refractivity contribution in [1.82, 2.24) is 0 Å². The van der Waals surface area contributed by atoms with Crippen molar-refractivity contribution in [2.45, 2.75) is 51.8 Å². The number of ether oxygens (including phenoxy) is 6. The van der Waals surface area contributed by atoms with Crippen LogP contribution in [0.2, 0.25) is 3.34 Å². The smallest absolute Gasteiger partial charge is 1.00 e. The van der Waals surface area contributed by atoms with Crippen LogP contribution in [0.3, 0.4) is 0 Å². The zero-order valence-corrected chi connectivity index (χ0v) is 34.4. The van der Waals surface area contributed by atoms with Gasteiger partial charge in [-0.3, -0.25) is 0 Å². The summed E-state index contributed by atoms with van der Waals surface area (Å²) in [6.45, 7) is 15.3.